The van der Waals surface area contributed by atoms with E-state index in [1.54, 1.807) is 0 Å². The standard InChI is InChI=1S/C10H14O6/c1-6(9(12)13)5-8(16-4-3-11)7(2)10(14)15/h5,11H,3-4H2,1-2H3,(H,12,13)(H,14,15). The number of rotatable bonds is 6. The zero-order chi connectivity index (χ0) is 12.7. The van der Waals surface area contributed by atoms with Crippen molar-refractivity contribution in [3.8, 4) is 0 Å². The monoisotopic (exact) mass is 230 g/mol. The van der Waals surface area contributed by atoms with Gasteiger partial charge in [0.1, 0.15) is 12.4 Å². The van der Waals surface area contributed by atoms with Crippen molar-refractivity contribution < 1.29 is 29.6 Å². The van der Waals surface area contributed by atoms with Crippen LogP contribution >= 0.6 is 0 Å². The highest BCUT2D eigenvalue weighted by Crippen LogP contribution is 2.11. The van der Waals surface area contributed by atoms with Gasteiger partial charge in [0.05, 0.1) is 12.2 Å². The molecule has 90 valence electrons. The number of aliphatic hydroxyl groups is 1. The van der Waals surface area contributed by atoms with E-state index >= 15 is 0 Å². The Morgan fingerprint density at radius 2 is 1.75 bits per heavy atom. The van der Waals surface area contributed by atoms with Gasteiger partial charge >= 0.3 is 11.9 Å². The van der Waals surface area contributed by atoms with Crippen LogP contribution in [-0.4, -0.2) is 40.5 Å². The van der Waals surface area contributed by atoms with E-state index in [9.17, 15) is 9.59 Å². The van der Waals surface area contributed by atoms with Gasteiger partial charge in [-0.05, 0) is 19.9 Å². The number of aliphatic carboxylic acids is 2. The summed E-state index contributed by atoms with van der Waals surface area (Å²) in [6.45, 7) is 2.24. The molecule has 0 fully saturated rings. The number of aliphatic hydroxyl groups excluding tert-OH is 1. The van der Waals surface area contributed by atoms with Crippen molar-refractivity contribution in [2.24, 2.45) is 0 Å². The van der Waals surface area contributed by atoms with Gasteiger partial charge in [0, 0.05) is 5.57 Å². The molecule has 16 heavy (non-hydrogen) atoms. The van der Waals surface area contributed by atoms with Crippen molar-refractivity contribution in [3.05, 3.63) is 23.0 Å². The first kappa shape index (κ1) is 14.2. The fourth-order valence-electron chi connectivity index (χ4n) is 0.778. The SMILES string of the molecule is CC(=CC(OCCO)=C(C)C(=O)O)C(=O)O. The predicted octanol–water partition coefficient (Wildman–Crippen LogP) is 0.385. The van der Waals surface area contributed by atoms with Crippen molar-refractivity contribution in [2.75, 3.05) is 13.2 Å². The Labute approximate surface area is 92.5 Å². The Morgan fingerprint density at radius 1 is 1.19 bits per heavy atom. The molecule has 0 rings (SSSR count). The Morgan fingerprint density at radius 3 is 2.12 bits per heavy atom. The van der Waals surface area contributed by atoms with Crippen LogP contribution in [0.15, 0.2) is 23.0 Å². The molecule has 3 N–H and O–H groups in total. The third-order valence-corrected chi connectivity index (χ3v) is 1.72. The van der Waals surface area contributed by atoms with Gasteiger partial charge in [-0.25, -0.2) is 9.59 Å². The van der Waals surface area contributed by atoms with Gasteiger partial charge in [-0.3, -0.25) is 0 Å². The lowest BCUT2D eigenvalue weighted by atomic mass is 10.2. The molecule has 0 radical (unpaired) electrons. The van der Waals surface area contributed by atoms with Crippen molar-refractivity contribution >= 4 is 11.9 Å². The molecule has 0 unspecified atom stereocenters. The van der Waals surface area contributed by atoms with Crippen molar-refractivity contribution in [3.63, 3.8) is 0 Å². The molecule has 0 aliphatic carbocycles. The molecule has 0 spiro atoms. The van der Waals surface area contributed by atoms with E-state index in [1.165, 1.54) is 13.8 Å². The van der Waals surface area contributed by atoms with E-state index in [0.717, 1.165) is 6.08 Å². The van der Waals surface area contributed by atoms with Crippen LogP contribution in [0.25, 0.3) is 0 Å². The van der Waals surface area contributed by atoms with Crippen LogP contribution in [0, 0.1) is 0 Å². The maximum atomic E-state index is 10.7. The molecular weight excluding hydrogens is 216 g/mol. The van der Waals surface area contributed by atoms with E-state index in [2.05, 4.69) is 0 Å². The van der Waals surface area contributed by atoms with Gasteiger partial charge in [0.25, 0.3) is 0 Å². The van der Waals surface area contributed by atoms with Crippen LogP contribution in [0.1, 0.15) is 13.8 Å². The molecule has 0 atom stereocenters. The van der Waals surface area contributed by atoms with Crippen molar-refractivity contribution in [1.29, 1.82) is 0 Å². The van der Waals surface area contributed by atoms with Crippen molar-refractivity contribution in [2.45, 2.75) is 13.8 Å². The Kier molecular flexibility index (Phi) is 5.87. The van der Waals surface area contributed by atoms with Gasteiger partial charge in [0.15, 0.2) is 0 Å². The molecular formula is C10H14O6. The van der Waals surface area contributed by atoms with Crippen LogP contribution in [0.4, 0.5) is 0 Å². The van der Waals surface area contributed by atoms with E-state index in [0.29, 0.717) is 0 Å². The topological polar surface area (TPSA) is 104 Å². The van der Waals surface area contributed by atoms with Gasteiger partial charge in [-0.2, -0.15) is 0 Å². The Bertz CT molecular complexity index is 339. The summed E-state index contributed by atoms with van der Waals surface area (Å²) in [5, 5.41) is 25.9. The Balaban J connectivity index is 5.10. The molecule has 0 aromatic heterocycles. The summed E-state index contributed by atoms with van der Waals surface area (Å²) in [6.07, 6.45) is 1.11. The molecule has 0 aromatic carbocycles. The average molecular weight is 230 g/mol. The highest BCUT2D eigenvalue weighted by Gasteiger charge is 2.11. The van der Waals surface area contributed by atoms with Gasteiger partial charge in [0.2, 0.25) is 0 Å². The molecule has 0 bridgehead atoms. The summed E-state index contributed by atoms with van der Waals surface area (Å²) in [5.74, 6) is -2.44. The maximum absolute atomic E-state index is 10.7. The number of hydrogen-bond acceptors (Lipinski definition) is 4. The van der Waals surface area contributed by atoms with Gasteiger partial charge in [-0.15, -0.1) is 0 Å². The molecule has 0 aliphatic rings. The fraction of sp³-hybridized carbons (Fsp3) is 0.400. The number of hydrogen-bond donors (Lipinski definition) is 3. The minimum Gasteiger partial charge on any atom is -0.491 e. The van der Waals surface area contributed by atoms with E-state index < -0.39 is 11.9 Å². The third-order valence-electron chi connectivity index (χ3n) is 1.72. The number of carboxylic acids is 2. The number of ether oxygens (including phenoxy) is 1. The second-order valence-electron chi connectivity index (χ2n) is 3.00. The summed E-state index contributed by atoms with van der Waals surface area (Å²) >= 11 is 0. The second kappa shape index (κ2) is 6.62. The summed E-state index contributed by atoms with van der Waals surface area (Å²) in [5.41, 5.74) is -0.164. The third kappa shape index (κ3) is 4.61. The lowest BCUT2D eigenvalue weighted by molar-refractivity contribution is -0.133. The first-order valence-corrected chi connectivity index (χ1v) is 4.49. The maximum Gasteiger partial charge on any atom is 0.335 e. The first-order valence-electron chi connectivity index (χ1n) is 4.49. The average Bonchev–Trinajstić information content (AvgIpc) is 2.22. The number of carbonyl (C=O) groups is 2. The molecule has 0 aliphatic heterocycles. The number of carboxylic acid groups (broad SMARTS) is 2. The summed E-state index contributed by atoms with van der Waals surface area (Å²) in [6, 6.07) is 0. The van der Waals surface area contributed by atoms with Crippen LogP contribution < -0.4 is 0 Å². The summed E-state index contributed by atoms with van der Waals surface area (Å²) in [4.78, 5) is 21.2. The first-order chi connectivity index (χ1) is 7.40. The second-order valence-corrected chi connectivity index (χ2v) is 3.00. The summed E-state index contributed by atoms with van der Waals surface area (Å²) in [7, 11) is 0. The van der Waals surface area contributed by atoms with Gasteiger partial charge in [-0.1, -0.05) is 0 Å². The lowest BCUT2D eigenvalue weighted by Gasteiger charge is -2.08. The predicted molar refractivity (Wildman–Crippen MR) is 54.8 cm³/mol. The summed E-state index contributed by atoms with van der Waals surface area (Å²) < 4.78 is 4.94. The molecule has 0 heterocycles. The van der Waals surface area contributed by atoms with Crippen molar-refractivity contribution in [1.82, 2.24) is 0 Å². The highest BCUT2D eigenvalue weighted by molar-refractivity contribution is 5.89. The molecule has 6 heteroatoms. The Hall–Kier alpha value is -1.82. The van der Waals surface area contributed by atoms with Crippen LogP contribution in [0.2, 0.25) is 0 Å². The van der Waals surface area contributed by atoms with Crippen LogP contribution in [-0.2, 0) is 14.3 Å². The zero-order valence-electron chi connectivity index (χ0n) is 9.06. The molecule has 6 nitrogen and oxygen atoms in total. The lowest BCUT2D eigenvalue weighted by Crippen LogP contribution is -2.07. The van der Waals surface area contributed by atoms with E-state index in [1.807, 2.05) is 0 Å². The smallest absolute Gasteiger partial charge is 0.335 e. The largest absolute Gasteiger partial charge is 0.491 e. The fourth-order valence-corrected chi connectivity index (χ4v) is 0.778. The zero-order valence-corrected chi connectivity index (χ0v) is 9.06. The van der Waals surface area contributed by atoms with Crippen LogP contribution in [0.5, 0.6) is 0 Å². The van der Waals surface area contributed by atoms with Gasteiger partial charge < -0.3 is 20.1 Å². The molecule has 0 amide bonds. The highest BCUT2D eigenvalue weighted by atomic mass is 16.5. The quantitative estimate of drug-likeness (QED) is 0.346. The minimum absolute atomic E-state index is 0.0476. The van der Waals surface area contributed by atoms with E-state index in [-0.39, 0.29) is 30.1 Å². The van der Waals surface area contributed by atoms with E-state index in [4.69, 9.17) is 20.1 Å². The molecule has 0 saturated heterocycles. The minimum atomic E-state index is -1.21. The normalized spacial score (nSPS) is 13.1. The molecule has 0 saturated carbocycles. The number of allylic oxidation sites excluding steroid dienone is 1. The van der Waals surface area contributed by atoms with Crippen LogP contribution in [0.3, 0.4) is 0 Å². The molecule has 0 aromatic rings.